The molecule has 0 bridgehead atoms. The molecule has 3 rings (SSSR count). The van der Waals surface area contributed by atoms with E-state index in [0.717, 1.165) is 23.8 Å². The number of rotatable bonds is 8. The van der Waals surface area contributed by atoms with E-state index in [1.54, 1.807) is 32.0 Å². The number of ether oxygens (including phenoxy) is 3. The van der Waals surface area contributed by atoms with Crippen molar-refractivity contribution in [2.24, 2.45) is 5.73 Å². The molecule has 0 radical (unpaired) electrons. The molecule has 2 fully saturated rings. The van der Waals surface area contributed by atoms with Crippen LogP contribution in [0.3, 0.4) is 0 Å². The Hall–Kier alpha value is -2.99. The number of carbonyl (C=O) groups is 4. The lowest BCUT2D eigenvalue weighted by Gasteiger charge is -2.50. The topological polar surface area (TPSA) is 157 Å². The highest BCUT2D eigenvalue weighted by Crippen LogP contribution is 2.55. The summed E-state index contributed by atoms with van der Waals surface area (Å²) in [6, 6.07) is 3.66. The molecule has 12 heteroatoms. The summed E-state index contributed by atoms with van der Waals surface area (Å²) in [4.78, 5) is 51.5. The molecular formula is C20H25N3O8S. The van der Waals surface area contributed by atoms with Gasteiger partial charge < -0.3 is 29.5 Å². The number of carboxylic acids is 1. The van der Waals surface area contributed by atoms with Crippen LogP contribution in [0.2, 0.25) is 0 Å². The maximum Gasteiger partial charge on any atom is 0.344 e. The third-order valence-electron chi connectivity index (χ3n) is 5.46. The number of hydrogen-bond donors (Lipinski definition) is 3. The number of nitrogens with one attached hydrogen (secondary N) is 1. The highest BCUT2D eigenvalue weighted by molar-refractivity contribution is 8.01. The molecule has 2 aliphatic heterocycles. The van der Waals surface area contributed by atoms with E-state index < -0.39 is 45.5 Å². The fourth-order valence-corrected chi connectivity index (χ4v) is 5.74. The van der Waals surface area contributed by atoms with E-state index in [-0.39, 0.29) is 13.2 Å². The van der Waals surface area contributed by atoms with Crippen LogP contribution in [0.25, 0.3) is 0 Å². The van der Waals surface area contributed by atoms with Gasteiger partial charge in [0.05, 0.1) is 20.6 Å². The average Bonchev–Trinajstić information content (AvgIpc) is 3.01. The number of fused-ring (bicyclic) bond motifs is 1. The second-order valence-electron chi connectivity index (χ2n) is 7.85. The van der Waals surface area contributed by atoms with Crippen molar-refractivity contribution >= 4 is 35.5 Å². The molecule has 2 amide bonds. The molecular weight excluding hydrogens is 442 g/mol. The van der Waals surface area contributed by atoms with Crippen molar-refractivity contribution in [1.29, 1.82) is 0 Å². The van der Waals surface area contributed by atoms with E-state index in [2.05, 4.69) is 5.32 Å². The predicted molar refractivity (Wildman–Crippen MR) is 113 cm³/mol. The van der Waals surface area contributed by atoms with Crippen LogP contribution in [0.1, 0.15) is 19.4 Å². The zero-order valence-corrected chi connectivity index (χ0v) is 18.9. The molecule has 0 spiro atoms. The Labute approximate surface area is 188 Å². The highest BCUT2D eigenvalue weighted by Gasteiger charge is 2.76. The maximum absolute atomic E-state index is 13.1. The molecule has 0 aromatic heterocycles. The van der Waals surface area contributed by atoms with E-state index in [4.69, 9.17) is 19.9 Å². The van der Waals surface area contributed by atoms with Gasteiger partial charge in [-0.2, -0.15) is 0 Å². The van der Waals surface area contributed by atoms with Gasteiger partial charge in [-0.1, -0.05) is 6.07 Å². The van der Waals surface area contributed by atoms with Crippen LogP contribution in [0.15, 0.2) is 18.2 Å². The number of hydrogen-bond acceptors (Lipinski definition) is 9. The van der Waals surface area contributed by atoms with Crippen LogP contribution in [0.4, 0.5) is 0 Å². The number of nitrogens with zero attached hydrogens (tertiary/aromatic N) is 1. The van der Waals surface area contributed by atoms with Crippen LogP contribution in [-0.2, 0) is 30.3 Å². The average molecular weight is 468 g/mol. The van der Waals surface area contributed by atoms with Crippen molar-refractivity contribution in [3.8, 4) is 11.5 Å². The molecule has 2 saturated heterocycles. The van der Waals surface area contributed by atoms with Gasteiger partial charge in [-0.05, 0) is 31.5 Å². The van der Waals surface area contributed by atoms with Crippen LogP contribution >= 0.6 is 11.8 Å². The smallest absolute Gasteiger partial charge is 0.344 e. The van der Waals surface area contributed by atoms with Crippen LogP contribution in [-0.4, -0.2) is 76.4 Å². The first-order valence-electron chi connectivity index (χ1n) is 9.66. The van der Waals surface area contributed by atoms with Crippen molar-refractivity contribution in [3.05, 3.63) is 23.8 Å². The monoisotopic (exact) mass is 467 g/mol. The van der Waals surface area contributed by atoms with E-state index in [1.807, 2.05) is 0 Å². The van der Waals surface area contributed by atoms with E-state index in [1.165, 1.54) is 7.11 Å². The first-order valence-corrected chi connectivity index (χ1v) is 10.5. The van der Waals surface area contributed by atoms with Crippen LogP contribution < -0.4 is 20.5 Å². The molecule has 3 atom stereocenters. The largest absolute Gasteiger partial charge is 0.493 e. The summed E-state index contributed by atoms with van der Waals surface area (Å²) in [6.07, 6.45) is -0.172. The molecule has 0 aliphatic carbocycles. The summed E-state index contributed by atoms with van der Waals surface area (Å²) in [5.74, 6) is -2.79. The standard InChI is InChI=1S/C20H25N3O8S/c1-19(2)14(15(25)26)23-16(27)20(17(23)32-19,18(28)30-4)22-13(24)8-10-5-6-11(31-9-21)12(7-10)29-3/h5-7,14,17H,8-9,21H2,1-4H3,(H,22,24)(H,25,26)/t14-,17+,20-/m0/s1. The van der Waals surface area contributed by atoms with Crippen molar-refractivity contribution in [2.45, 2.75) is 42.0 Å². The minimum Gasteiger partial charge on any atom is -0.493 e. The third-order valence-corrected chi connectivity index (χ3v) is 7.09. The Bertz CT molecular complexity index is 968. The summed E-state index contributed by atoms with van der Waals surface area (Å²) < 4.78 is 14.4. The van der Waals surface area contributed by atoms with Gasteiger partial charge in [0.15, 0.2) is 11.5 Å². The quantitative estimate of drug-likeness (QED) is 0.201. The van der Waals surface area contributed by atoms with Gasteiger partial charge in [0, 0.05) is 4.75 Å². The SMILES string of the molecule is COC(=O)[C@]1(NC(=O)Cc2ccc(OCN)c(OC)c2)C(=O)N2[C@@H](C(=O)O)C(C)(C)S[C@@H]21. The number of thioether (sulfide) groups is 1. The van der Waals surface area contributed by atoms with Gasteiger partial charge in [-0.25, -0.2) is 9.59 Å². The molecule has 2 aliphatic rings. The summed E-state index contributed by atoms with van der Waals surface area (Å²) in [6.45, 7) is 3.29. The molecule has 0 unspecified atom stereocenters. The second kappa shape index (κ2) is 8.51. The number of nitrogens with two attached hydrogens (primary N) is 1. The zero-order chi connectivity index (χ0) is 23.8. The van der Waals surface area contributed by atoms with E-state index in [9.17, 15) is 24.3 Å². The molecule has 1 aromatic rings. The number of carbonyl (C=O) groups excluding carboxylic acids is 3. The van der Waals surface area contributed by atoms with Crippen LogP contribution in [0.5, 0.6) is 11.5 Å². The molecule has 2 heterocycles. The summed E-state index contributed by atoms with van der Waals surface area (Å²) in [7, 11) is 2.54. The Balaban J connectivity index is 1.85. The Morgan fingerprint density at radius 2 is 1.94 bits per heavy atom. The minimum atomic E-state index is -2.00. The second-order valence-corrected chi connectivity index (χ2v) is 9.58. The number of amides is 2. The first-order chi connectivity index (χ1) is 15.0. The normalized spacial score (nSPS) is 25.4. The molecule has 11 nitrogen and oxygen atoms in total. The predicted octanol–water partition coefficient (Wildman–Crippen LogP) is -0.292. The number of methoxy groups -OCH3 is 2. The van der Waals surface area contributed by atoms with E-state index in [0.29, 0.717) is 17.1 Å². The lowest BCUT2D eigenvalue weighted by Crippen LogP contribution is -2.82. The van der Waals surface area contributed by atoms with Crippen molar-refractivity contribution in [1.82, 2.24) is 10.2 Å². The van der Waals surface area contributed by atoms with Gasteiger partial charge in [0.1, 0.15) is 18.1 Å². The zero-order valence-electron chi connectivity index (χ0n) is 18.0. The van der Waals surface area contributed by atoms with Gasteiger partial charge in [-0.3, -0.25) is 15.3 Å². The lowest BCUT2D eigenvalue weighted by molar-refractivity contribution is -0.180. The van der Waals surface area contributed by atoms with Crippen LogP contribution in [0, 0.1) is 0 Å². The summed E-state index contributed by atoms with van der Waals surface area (Å²) in [5, 5.41) is 11.2. The lowest BCUT2D eigenvalue weighted by atomic mass is 9.84. The van der Waals surface area contributed by atoms with Crippen molar-refractivity contribution < 1.29 is 38.5 Å². The molecule has 4 N–H and O–H groups in total. The fourth-order valence-electron chi connectivity index (χ4n) is 4.06. The summed E-state index contributed by atoms with van der Waals surface area (Å²) in [5.41, 5.74) is 3.92. The fraction of sp³-hybridized carbons (Fsp3) is 0.500. The third kappa shape index (κ3) is 3.62. The molecule has 1 aromatic carbocycles. The Morgan fingerprint density at radius 3 is 2.50 bits per heavy atom. The maximum atomic E-state index is 13.1. The van der Waals surface area contributed by atoms with Gasteiger partial charge in [0.2, 0.25) is 11.4 Å². The Morgan fingerprint density at radius 1 is 1.25 bits per heavy atom. The van der Waals surface area contributed by atoms with Gasteiger partial charge in [-0.15, -0.1) is 11.8 Å². The van der Waals surface area contributed by atoms with Crippen molar-refractivity contribution in [2.75, 3.05) is 21.0 Å². The number of benzene rings is 1. The number of esters is 1. The van der Waals surface area contributed by atoms with Crippen molar-refractivity contribution in [3.63, 3.8) is 0 Å². The number of aliphatic carboxylic acids is 1. The first kappa shape index (κ1) is 23.7. The summed E-state index contributed by atoms with van der Waals surface area (Å²) >= 11 is 1.13. The molecule has 0 saturated carbocycles. The van der Waals surface area contributed by atoms with E-state index >= 15 is 0 Å². The highest BCUT2D eigenvalue weighted by atomic mass is 32.2. The number of carboxylic acid groups (broad SMARTS) is 1. The molecule has 174 valence electrons. The van der Waals surface area contributed by atoms with Gasteiger partial charge in [0.25, 0.3) is 5.91 Å². The Kier molecular flexibility index (Phi) is 6.29. The minimum absolute atomic E-state index is 0.0524. The molecule has 32 heavy (non-hydrogen) atoms. The van der Waals surface area contributed by atoms with Gasteiger partial charge >= 0.3 is 11.9 Å². The number of β-lactam (4-membered cyclic amide) rings is 1.